The Labute approximate surface area is 129 Å². The number of carbonyl (C=O) groups excluding carboxylic acids is 1. The third kappa shape index (κ3) is 4.96. The van der Waals surface area contributed by atoms with Crippen LogP contribution in [0.5, 0.6) is 0 Å². The van der Waals surface area contributed by atoms with Crippen molar-refractivity contribution in [2.75, 3.05) is 6.54 Å². The molecule has 21 heavy (non-hydrogen) atoms. The zero-order valence-corrected chi connectivity index (χ0v) is 14.6. The third-order valence-corrected chi connectivity index (χ3v) is 5.18. The van der Waals surface area contributed by atoms with Crippen molar-refractivity contribution in [1.82, 2.24) is 5.32 Å². The van der Waals surface area contributed by atoms with Crippen LogP contribution in [-0.4, -0.2) is 29.7 Å². The normalized spacial score (nSPS) is 30.8. The number of hydrogen-bond acceptors (Lipinski definition) is 3. The van der Waals surface area contributed by atoms with E-state index in [1.165, 1.54) is 0 Å². The minimum atomic E-state index is -0.486. The van der Waals surface area contributed by atoms with Gasteiger partial charge in [0.05, 0.1) is 6.10 Å². The molecular formula is C17H34N2O2. The molecule has 4 N–H and O–H groups in total. The van der Waals surface area contributed by atoms with Crippen molar-refractivity contribution in [3.8, 4) is 0 Å². The molecule has 1 aliphatic rings. The molecule has 0 saturated heterocycles. The zero-order chi connectivity index (χ0) is 16.4. The Morgan fingerprint density at radius 1 is 1.38 bits per heavy atom. The molecule has 0 aliphatic heterocycles. The molecule has 4 unspecified atom stereocenters. The highest BCUT2D eigenvalue weighted by Gasteiger charge is 2.44. The van der Waals surface area contributed by atoms with Crippen molar-refractivity contribution in [2.24, 2.45) is 28.4 Å². The first-order valence-electron chi connectivity index (χ1n) is 8.16. The first kappa shape index (κ1) is 18.4. The van der Waals surface area contributed by atoms with E-state index in [1.54, 1.807) is 0 Å². The predicted octanol–water partition coefficient (Wildman–Crippen LogP) is 2.30. The second kappa shape index (κ2) is 6.66. The Balaban J connectivity index is 2.56. The summed E-state index contributed by atoms with van der Waals surface area (Å²) in [5, 5.41) is 13.0. The number of carbonyl (C=O) groups is 1. The van der Waals surface area contributed by atoms with E-state index in [-0.39, 0.29) is 28.7 Å². The molecule has 0 aromatic rings. The van der Waals surface area contributed by atoms with E-state index in [9.17, 15) is 9.90 Å². The molecule has 4 nitrogen and oxygen atoms in total. The van der Waals surface area contributed by atoms with Gasteiger partial charge >= 0.3 is 0 Å². The number of nitrogens with one attached hydrogen (secondary N) is 1. The van der Waals surface area contributed by atoms with E-state index in [4.69, 9.17) is 5.73 Å². The van der Waals surface area contributed by atoms with Gasteiger partial charge in [-0.2, -0.15) is 0 Å². The van der Waals surface area contributed by atoms with E-state index >= 15 is 0 Å². The molecule has 1 saturated carbocycles. The minimum absolute atomic E-state index is 0.0193. The van der Waals surface area contributed by atoms with Crippen LogP contribution in [0.1, 0.15) is 60.8 Å². The maximum absolute atomic E-state index is 12.5. The summed E-state index contributed by atoms with van der Waals surface area (Å²) in [5.41, 5.74) is 6.10. The van der Waals surface area contributed by atoms with Gasteiger partial charge in [0.2, 0.25) is 5.91 Å². The van der Waals surface area contributed by atoms with Gasteiger partial charge in [-0.1, -0.05) is 41.5 Å². The van der Waals surface area contributed by atoms with E-state index in [0.29, 0.717) is 18.9 Å². The standard InChI is InChI=1S/C17H34N2O2/c1-11-14(18)8-7-13(17(11,5)6)15(21)19-10-12(20)9-16(2,3)4/h11-14,20H,7-10,18H2,1-6H3,(H,19,21). The monoisotopic (exact) mass is 298 g/mol. The molecule has 4 heteroatoms. The van der Waals surface area contributed by atoms with Crippen LogP contribution >= 0.6 is 0 Å². The molecule has 0 radical (unpaired) electrons. The fourth-order valence-corrected chi connectivity index (χ4v) is 3.44. The van der Waals surface area contributed by atoms with Crippen LogP contribution in [0.4, 0.5) is 0 Å². The van der Waals surface area contributed by atoms with Gasteiger partial charge in [-0.15, -0.1) is 0 Å². The van der Waals surface area contributed by atoms with Gasteiger partial charge in [-0.25, -0.2) is 0 Å². The number of aliphatic hydroxyl groups is 1. The van der Waals surface area contributed by atoms with E-state index in [1.807, 2.05) is 0 Å². The molecule has 1 rings (SSSR count). The Morgan fingerprint density at radius 3 is 2.48 bits per heavy atom. The van der Waals surface area contributed by atoms with Gasteiger partial charge in [0, 0.05) is 18.5 Å². The number of rotatable bonds is 4. The summed E-state index contributed by atoms with van der Waals surface area (Å²) in [5.74, 6) is 0.363. The molecule has 124 valence electrons. The largest absolute Gasteiger partial charge is 0.391 e. The zero-order valence-electron chi connectivity index (χ0n) is 14.6. The lowest BCUT2D eigenvalue weighted by atomic mass is 9.61. The first-order valence-corrected chi connectivity index (χ1v) is 8.16. The third-order valence-electron chi connectivity index (χ3n) is 5.18. The fraction of sp³-hybridized carbons (Fsp3) is 0.941. The van der Waals surface area contributed by atoms with Crippen LogP contribution in [-0.2, 0) is 4.79 Å². The summed E-state index contributed by atoms with van der Waals surface area (Å²) in [6.07, 6.45) is 1.93. The quantitative estimate of drug-likeness (QED) is 0.745. The highest BCUT2D eigenvalue weighted by atomic mass is 16.3. The molecular weight excluding hydrogens is 264 g/mol. The maximum Gasteiger partial charge on any atom is 0.223 e. The van der Waals surface area contributed by atoms with Gasteiger partial charge in [-0.05, 0) is 36.0 Å². The molecule has 0 bridgehead atoms. The number of hydrogen-bond donors (Lipinski definition) is 3. The van der Waals surface area contributed by atoms with Crippen molar-refractivity contribution in [2.45, 2.75) is 73.0 Å². The average molecular weight is 298 g/mol. The first-order chi connectivity index (χ1) is 9.45. The second-order valence-electron chi connectivity index (χ2n) is 8.57. The van der Waals surface area contributed by atoms with E-state index < -0.39 is 6.10 Å². The molecule has 1 fully saturated rings. The topological polar surface area (TPSA) is 75.4 Å². The van der Waals surface area contributed by atoms with Crippen LogP contribution in [0.15, 0.2) is 0 Å². The van der Waals surface area contributed by atoms with Crippen molar-refractivity contribution in [1.29, 1.82) is 0 Å². The lowest BCUT2D eigenvalue weighted by molar-refractivity contribution is -0.133. The van der Waals surface area contributed by atoms with Gasteiger partial charge in [0.15, 0.2) is 0 Å². The van der Waals surface area contributed by atoms with E-state index in [2.05, 4.69) is 46.9 Å². The smallest absolute Gasteiger partial charge is 0.223 e. The summed E-state index contributed by atoms with van der Waals surface area (Å²) in [6.45, 7) is 13.0. The van der Waals surface area contributed by atoms with Gasteiger partial charge in [0.1, 0.15) is 0 Å². The minimum Gasteiger partial charge on any atom is -0.391 e. The Hall–Kier alpha value is -0.610. The van der Waals surface area contributed by atoms with Gasteiger partial charge in [0.25, 0.3) is 0 Å². The number of amides is 1. The fourth-order valence-electron chi connectivity index (χ4n) is 3.44. The molecule has 0 aromatic carbocycles. The highest BCUT2D eigenvalue weighted by Crippen LogP contribution is 2.44. The number of nitrogens with two attached hydrogens (primary N) is 1. The van der Waals surface area contributed by atoms with Crippen LogP contribution < -0.4 is 11.1 Å². The molecule has 4 atom stereocenters. The summed E-state index contributed by atoms with van der Waals surface area (Å²) in [7, 11) is 0. The van der Waals surface area contributed by atoms with Crippen LogP contribution in [0.3, 0.4) is 0 Å². The lowest BCUT2D eigenvalue weighted by Gasteiger charge is -2.46. The molecule has 0 spiro atoms. The lowest BCUT2D eigenvalue weighted by Crippen LogP contribution is -2.52. The van der Waals surface area contributed by atoms with Crippen molar-refractivity contribution in [3.05, 3.63) is 0 Å². The molecule has 1 amide bonds. The summed E-state index contributed by atoms with van der Waals surface area (Å²) >= 11 is 0. The van der Waals surface area contributed by atoms with Gasteiger partial charge < -0.3 is 16.2 Å². The van der Waals surface area contributed by atoms with Crippen LogP contribution in [0.25, 0.3) is 0 Å². The summed E-state index contributed by atoms with van der Waals surface area (Å²) in [4.78, 5) is 12.5. The Kier molecular flexibility index (Phi) is 5.84. The Bertz CT molecular complexity index is 360. The van der Waals surface area contributed by atoms with Crippen LogP contribution in [0.2, 0.25) is 0 Å². The van der Waals surface area contributed by atoms with Gasteiger partial charge in [-0.3, -0.25) is 4.79 Å². The second-order valence-corrected chi connectivity index (χ2v) is 8.57. The van der Waals surface area contributed by atoms with Crippen LogP contribution in [0, 0.1) is 22.7 Å². The van der Waals surface area contributed by atoms with Crippen molar-refractivity contribution < 1.29 is 9.90 Å². The maximum atomic E-state index is 12.5. The van der Waals surface area contributed by atoms with Crippen molar-refractivity contribution in [3.63, 3.8) is 0 Å². The summed E-state index contributed by atoms with van der Waals surface area (Å²) in [6, 6.07) is 0.176. The molecule has 0 heterocycles. The number of aliphatic hydroxyl groups excluding tert-OH is 1. The highest BCUT2D eigenvalue weighted by molar-refractivity contribution is 5.79. The predicted molar refractivity (Wildman–Crippen MR) is 86.7 cm³/mol. The Morgan fingerprint density at radius 2 is 1.95 bits per heavy atom. The molecule has 0 aromatic heterocycles. The average Bonchev–Trinajstić information content (AvgIpc) is 2.31. The van der Waals surface area contributed by atoms with E-state index in [0.717, 1.165) is 12.8 Å². The SMILES string of the molecule is CC1C(N)CCC(C(=O)NCC(O)CC(C)(C)C)C1(C)C. The summed E-state index contributed by atoms with van der Waals surface area (Å²) < 4.78 is 0. The molecule has 1 aliphatic carbocycles. The van der Waals surface area contributed by atoms with Crippen molar-refractivity contribution >= 4 is 5.91 Å².